The average Bonchev–Trinajstić information content (AvgIpc) is 2.81. The van der Waals surface area contributed by atoms with E-state index in [2.05, 4.69) is 5.32 Å². The minimum atomic E-state index is -4.09. The van der Waals surface area contributed by atoms with Crippen LogP contribution < -0.4 is 9.62 Å². The van der Waals surface area contributed by atoms with Gasteiger partial charge in [0.15, 0.2) is 0 Å². The summed E-state index contributed by atoms with van der Waals surface area (Å²) in [6.07, 6.45) is 6.19. The molecular weight excluding hydrogens is 450 g/mol. The van der Waals surface area contributed by atoms with Crippen LogP contribution >= 0.6 is 11.8 Å². The van der Waals surface area contributed by atoms with Crippen LogP contribution in [0.4, 0.5) is 11.4 Å². The molecule has 1 N–H and O–H groups in total. The maximum absolute atomic E-state index is 13.3. The van der Waals surface area contributed by atoms with Crippen molar-refractivity contribution in [2.45, 2.75) is 42.2 Å². The number of sulfonamides is 1. The number of hydrogen-bond donors (Lipinski definition) is 1. The lowest BCUT2D eigenvalue weighted by atomic mass is 10.0. The molecule has 0 aromatic heterocycles. The minimum Gasteiger partial charge on any atom is -0.354 e. The fraction of sp³-hybridized carbons (Fsp3) is 0.409. The first kappa shape index (κ1) is 24.1. The van der Waals surface area contributed by atoms with Crippen LogP contribution in [-0.2, 0) is 14.8 Å². The van der Waals surface area contributed by atoms with Gasteiger partial charge in [0.1, 0.15) is 6.54 Å². The number of amides is 1. The molecule has 0 radical (unpaired) electrons. The number of benzene rings is 2. The summed E-state index contributed by atoms with van der Waals surface area (Å²) in [5.74, 6) is 0.304. The summed E-state index contributed by atoms with van der Waals surface area (Å²) >= 11 is 1.84. The SMILES string of the molecule is O=C(CN(c1cccc([N+](=O)[O-])c1)S(=O)(=O)c1ccccc1)NCCSC1CCCCC1. The monoisotopic (exact) mass is 477 g/mol. The zero-order valence-corrected chi connectivity index (χ0v) is 19.3. The van der Waals surface area contributed by atoms with Gasteiger partial charge in [-0.1, -0.05) is 43.5 Å². The lowest BCUT2D eigenvalue weighted by Gasteiger charge is -2.24. The Morgan fingerprint density at radius 1 is 1.09 bits per heavy atom. The van der Waals surface area contributed by atoms with Gasteiger partial charge >= 0.3 is 0 Å². The van der Waals surface area contributed by atoms with E-state index < -0.39 is 27.4 Å². The van der Waals surface area contributed by atoms with Crippen LogP contribution in [0.3, 0.4) is 0 Å². The molecule has 0 aliphatic heterocycles. The van der Waals surface area contributed by atoms with E-state index in [0.717, 1.165) is 16.1 Å². The largest absolute Gasteiger partial charge is 0.354 e. The van der Waals surface area contributed by atoms with E-state index in [1.807, 2.05) is 11.8 Å². The Balaban J connectivity index is 1.72. The minimum absolute atomic E-state index is 0.00663. The molecule has 1 amide bonds. The summed E-state index contributed by atoms with van der Waals surface area (Å²) in [5.41, 5.74) is -0.185. The summed E-state index contributed by atoms with van der Waals surface area (Å²) in [6, 6.07) is 13.0. The quantitative estimate of drug-likeness (QED) is 0.315. The van der Waals surface area contributed by atoms with Crippen molar-refractivity contribution in [2.24, 2.45) is 0 Å². The van der Waals surface area contributed by atoms with Crippen LogP contribution in [0.25, 0.3) is 0 Å². The molecule has 1 fully saturated rings. The molecule has 10 heteroatoms. The van der Waals surface area contributed by atoms with Crippen molar-refractivity contribution in [1.29, 1.82) is 0 Å². The molecule has 1 aliphatic rings. The van der Waals surface area contributed by atoms with Crippen molar-refractivity contribution in [3.63, 3.8) is 0 Å². The van der Waals surface area contributed by atoms with Gasteiger partial charge in [-0.05, 0) is 31.0 Å². The third kappa shape index (κ3) is 6.46. The molecule has 1 saturated carbocycles. The molecule has 0 heterocycles. The highest BCUT2D eigenvalue weighted by Gasteiger charge is 2.28. The summed E-state index contributed by atoms with van der Waals surface area (Å²) in [7, 11) is -4.09. The van der Waals surface area contributed by atoms with Gasteiger partial charge in [-0.2, -0.15) is 11.8 Å². The zero-order chi connectivity index (χ0) is 23.0. The number of rotatable bonds is 10. The third-order valence-corrected chi connectivity index (χ3v) is 8.45. The number of thioether (sulfide) groups is 1. The first-order valence-corrected chi connectivity index (χ1v) is 13.1. The maximum atomic E-state index is 13.3. The predicted octanol–water partition coefficient (Wildman–Crippen LogP) is 3.97. The molecular formula is C22H27N3O5S2. The Kier molecular flexibility index (Phi) is 8.52. The highest BCUT2D eigenvalue weighted by molar-refractivity contribution is 7.99. The topological polar surface area (TPSA) is 110 Å². The van der Waals surface area contributed by atoms with Crippen LogP contribution in [0.1, 0.15) is 32.1 Å². The van der Waals surface area contributed by atoms with E-state index in [1.54, 1.807) is 18.2 Å². The van der Waals surface area contributed by atoms with Crippen LogP contribution in [0, 0.1) is 10.1 Å². The third-order valence-electron chi connectivity index (χ3n) is 5.28. The second-order valence-corrected chi connectivity index (χ2v) is 10.9. The Morgan fingerprint density at radius 2 is 1.81 bits per heavy atom. The number of nitrogens with zero attached hydrogens (tertiary/aromatic N) is 2. The van der Waals surface area contributed by atoms with Gasteiger partial charge in [0.05, 0.1) is 15.5 Å². The average molecular weight is 478 g/mol. The number of nitro benzene ring substituents is 1. The maximum Gasteiger partial charge on any atom is 0.271 e. The van der Waals surface area contributed by atoms with Crippen molar-refractivity contribution in [2.75, 3.05) is 23.1 Å². The van der Waals surface area contributed by atoms with Crippen molar-refractivity contribution in [3.05, 3.63) is 64.7 Å². The first-order valence-electron chi connectivity index (χ1n) is 10.6. The number of carbonyl (C=O) groups excluding carboxylic acids is 1. The van der Waals surface area contributed by atoms with Gasteiger partial charge in [0.25, 0.3) is 15.7 Å². The van der Waals surface area contributed by atoms with Crippen molar-refractivity contribution in [1.82, 2.24) is 5.32 Å². The molecule has 1 aliphatic carbocycles. The number of anilines is 1. The Morgan fingerprint density at radius 3 is 2.50 bits per heavy atom. The zero-order valence-electron chi connectivity index (χ0n) is 17.7. The molecule has 0 atom stereocenters. The van der Waals surface area contributed by atoms with Crippen LogP contribution in [0.5, 0.6) is 0 Å². The number of nitrogens with one attached hydrogen (secondary N) is 1. The Bertz CT molecular complexity index is 1020. The van der Waals surface area contributed by atoms with Crippen LogP contribution in [0.2, 0.25) is 0 Å². The van der Waals surface area contributed by atoms with Crippen LogP contribution in [-0.4, -0.2) is 43.3 Å². The van der Waals surface area contributed by atoms with Gasteiger partial charge < -0.3 is 5.32 Å². The van der Waals surface area contributed by atoms with Gasteiger partial charge in [-0.25, -0.2) is 8.42 Å². The van der Waals surface area contributed by atoms with Crippen LogP contribution in [0.15, 0.2) is 59.5 Å². The normalized spacial score (nSPS) is 14.6. The molecule has 8 nitrogen and oxygen atoms in total. The van der Waals surface area contributed by atoms with Gasteiger partial charge in [0.2, 0.25) is 5.91 Å². The smallest absolute Gasteiger partial charge is 0.271 e. The van der Waals surface area contributed by atoms with E-state index in [0.29, 0.717) is 11.8 Å². The number of nitro groups is 1. The summed E-state index contributed by atoms with van der Waals surface area (Å²) < 4.78 is 27.4. The summed E-state index contributed by atoms with van der Waals surface area (Å²) in [4.78, 5) is 23.2. The molecule has 3 rings (SSSR count). The fourth-order valence-corrected chi connectivity index (χ4v) is 6.28. The van der Waals surface area contributed by atoms with Gasteiger partial charge in [-0.15, -0.1) is 0 Å². The highest BCUT2D eigenvalue weighted by Crippen LogP contribution is 2.28. The van der Waals surface area contributed by atoms with E-state index in [-0.39, 0.29) is 16.3 Å². The second-order valence-electron chi connectivity index (χ2n) is 7.58. The number of carbonyl (C=O) groups is 1. The van der Waals surface area contributed by atoms with E-state index in [1.165, 1.54) is 62.4 Å². The second kappa shape index (κ2) is 11.3. The Labute approximate surface area is 192 Å². The molecule has 172 valence electrons. The van der Waals surface area contributed by atoms with E-state index >= 15 is 0 Å². The molecule has 2 aromatic carbocycles. The lowest BCUT2D eigenvalue weighted by Crippen LogP contribution is -2.41. The Hall–Kier alpha value is -2.59. The molecule has 32 heavy (non-hydrogen) atoms. The lowest BCUT2D eigenvalue weighted by molar-refractivity contribution is -0.384. The predicted molar refractivity (Wildman–Crippen MR) is 126 cm³/mol. The molecule has 0 unspecified atom stereocenters. The van der Waals surface area contributed by atoms with Crippen molar-refractivity contribution < 1.29 is 18.1 Å². The number of non-ortho nitro benzene ring substituents is 1. The van der Waals surface area contributed by atoms with Gasteiger partial charge in [0, 0.05) is 29.7 Å². The summed E-state index contributed by atoms with van der Waals surface area (Å²) in [5, 5.41) is 14.6. The highest BCUT2D eigenvalue weighted by atomic mass is 32.2. The van der Waals surface area contributed by atoms with Gasteiger partial charge in [-0.3, -0.25) is 19.2 Å². The molecule has 0 saturated heterocycles. The summed E-state index contributed by atoms with van der Waals surface area (Å²) in [6.45, 7) is -0.0271. The molecule has 0 bridgehead atoms. The fourth-order valence-electron chi connectivity index (χ4n) is 3.63. The standard InChI is InChI=1S/C22H27N3O5S2/c26-22(23-14-15-31-20-10-3-1-4-11-20)17-24(18-8-7-9-19(16-18)25(27)28)32(29,30)21-12-5-2-6-13-21/h2,5-9,12-13,16,20H,1,3-4,10-11,14-15,17H2,(H,23,26). The van der Waals surface area contributed by atoms with E-state index in [9.17, 15) is 23.3 Å². The van der Waals surface area contributed by atoms with Crippen molar-refractivity contribution in [3.8, 4) is 0 Å². The van der Waals surface area contributed by atoms with E-state index in [4.69, 9.17) is 0 Å². The van der Waals surface area contributed by atoms with Crippen molar-refractivity contribution >= 4 is 39.1 Å². The molecule has 0 spiro atoms. The first-order chi connectivity index (χ1) is 15.4. The molecule has 2 aromatic rings. The number of hydrogen-bond acceptors (Lipinski definition) is 6.